The zero-order valence-electron chi connectivity index (χ0n) is 8.18. The van der Waals surface area contributed by atoms with Crippen LogP contribution in [0.1, 0.15) is 34.1 Å². The number of hydrogen-bond donors (Lipinski definition) is 0. The molecule has 0 saturated carbocycles. The van der Waals surface area contributed by atoms with Gasteiger partial charge in [0.2, 0.25) is 0 Å². The Kier molecular flexibility index (Phi) is 3.87. The molecule has 0 N–H and O–H groups in total. The van der Waals surface area contributed by atoms with E-state index in [1.54, 1.807) is 0 Å². The van der Waals surface area contributed by atoms with Crippen molar-refractivity contribution in [3.8, 4) is 0 Å². The molecule has 0 aromatic carbocycles. The second-order valence-electron chi connectivity index (χ2n) is 3.52. The number of rotatable bonds is 4. The number of hydrogen-bond acceptors (Lipinski definition) is 2. The van der Waals surface area contributed by atoms with Gasteiger partial charge in [0.15, 0.2) is 0 Å². The Morgan fingerprint density at radius 1 is 1.33 bits per heavy atom. The van der Waals surface area contributed by atoms with Gasteiger partial charge < -0.3 is 0 Å². The minimum atomic E-state index is -0.500. The summed E-state index contributed by atoms with van der Waals surface area (Å²) < 4.78 is 0. The quantitative estimate of drug-likeness (QED) is 0.476. The van der Waals surface area contributed by atoms with Gasteiger partial charge in [-0.15, -0.1) is 0 Å². The summed E-state index contributed by atoms with van der Waals surface area (Å²) in [5.41, 5.74) is -0.500. The summed E-state index contributed by atoms with van der Waals surface area (Å²) >= 11 is 0. The van der Waals surface area contributed by atoms with Crippen LogP contribution in [0.15, 0.2) is 12.2 Å². The highest BCUT2D eigenvalue weighted by atomic mass is 16.1. The minimum absolute atomic E-state index is 0.0203. The second kappa shape index (κ2) is 4.19. The lowest BCUT2D eigenvalue weighted by atomic mass is 9.85. The van der Waals surface area contributed by atoms with Crippen LogP contribution < -0.4 is 0 Å². The minimum Gasteiger partial charge on any atom is -0.300 e. The summed E-state index contributed by atoms with van der Waals surface area (Å²) in [6.45, 7) is 6.93. The van der Waals surface area contributed by atoms with Crippen molar-refractivity contribution in [2.75, 3.05) is 0 Å². The Bertz CT molecular complexity index is 212. The third-order valence-corrected chi connectivity index (χ3v) is 1.71. The molecule has 0 amide bonds. The molecule has 0 fully saturated rings. The maximum absolute atomic E-state index is 11.4. The van der Waals surface area contributed by atoms with Crippen molar-refractivity contribution in [2.45, 2.75) is 34.1 Å². The Morgan fingerprint density at radius 3 is 2.17 bits per heavy atom. The van der Waals surface area contributed by atoms with E-state index in [-0.39, 0.29) is 18.0 Å². The van der Waals surface area contributed by atoms with Crippen molar-refractivity contribution in [1.82, 2.24) is 0 Å². The Labute approximate surface area is 73.7 Å². The fourth-order valence-electron chi connectivity index (χ4n) is 0.964. The summed E-state index contributed by atoms with van der Waals surface area (Å²) in [5, 5.41) is 0. The summed E-state index contributed by atoms with van der Waals surface area (Å²) in [7, 11) is 0. The SMILES string of the molecule is C/C=C/C(C)(C)C(=O)CC(C)=O. The molecule has 0 atom stereocenters. The number of allylic oxidation sites excluding steroid dienone is 2. The van der Waals surface area contributed by atoms with E-state index in [0.717, 1.165) is 0 Å². The van der Waals surface area contributed by atoms with E-state index < -0.39 is 5.41 Å². The first-order valence-corrected chi connectivity index (χ1v) is 4.06. The zero-order chi connectivity index (χ0) is 9.78. The lowest BCUT2D eigenvalue weighted by Gasteiger charge is -2.17. The van der Waals surface area contributed by atoms with Crippen LogP contribution in [0.25, 0.3) is 0 Å². The number of ketones is 2. The molecule has 0 aliphatic heterocycles. The molecule has 0 aromatic rings. The van der Waals surface area contributed by atoms with Crippen molar-refractivity contribution in [3.05, 3.63) is 12.2 Å². The normalized spacial score (nSPS) is 12.0. The van der Waals surface area contributed by atoms with E-state index >= 15 is 0 Å². The predicted octanol–water partition coefficient (Wildman–Crippen LogP) is 2.14. The van der Waals surface area contributed by atoms with Crippen molar-refractivity contribution < 1.29 is 9.59 Å². The maximum atomic E-state index is 11.4. The van der Waals surface area contributed by atoms with Crippen LogP contribution in [0.5, 0.6) is 0 Å². The fraction of sp³-hybridized carbons (Fsp3) is 0.600. The number of Topliss-reactive ketones (excluding diaryl/α,β-unsaturated/α-hetero) is 2. The van der Waals surface area contributed by atoms with Crippen LogP contribution in [0, 0.1) is 5.41 Å². The Hall–Kier alpha value is -0.920. The molecule has 0 radical (unpaired) electrons. The first kappa shape index (κ1) is 11.1. The molecular formula is C10H16O2. The highest BCUT2D eigenvalue weighted by Gasteiger charge is 2.24. The summed E-state index contributed by atoms with van der Waals surface area (Å²) in [5.74, 6) is -0.0920. The van der Waals surface area contributed by atoms with Crippen LogP contribution >= 0.6 is 0 Å². The van der Waals surface area contributed by atoms with Gasteiger partial charge in [0.25, 0.3) is 0 Å². The lowest BCUT2D eigenvalue weighted by molar-refractivity contribution is -0.129. The maximum Gasteiger partial charge on any atom is 0.149 e. The highest BCUT2D eigenvalue weighted by Crippen LogP contribution is 2.20. The van der Waals surface area contributed by atoms with Gasteiger partial charge in [0.05, 0.1) is 6.42 Å². The molecule has 0 aliphatic carbocycles. The Morgan fingerprint density at radius 2 is 1.83 bits per heavy atom. The van der Waals surface area contributed by atoms with E-state index in [1.807, 2.05) is 32.9 Å². The largest absolute Gasteiger partial charge is 0.300 e. The van der Waals surface area contributed by atoms with Crippen LogP contribution in [0.3, 0.4) is 0 Å². The van der Waals surface area contributed by atoms with Crippen molar-refractivity contribution in [2.24, 2.45) is 5.41 Å². The fourth-order valence-corrected chi connectivity index (χ4v) is 0.964. The molecule has 2 heteroatoms. The molecule has 0 aromatic heterocycles. The van der Waals surface area contributed by atoms with Gasteiger partial charge in [0, 0.05) is 5.41 Å². The smallest absolute Gasteiger partial charge is 0.149 e. The standard InChI is InChI=1S/C10H16O2/c1-5-6-10(3,4)9(12)7-8(2)11/h5-6H,7H2,1-4H3/b6-5+. The molecule has 0 saturated heterocycles. The molecule has 2 nitrogen and oxygen atoms in total. The Balaban J connectivity index is 4.35. The predicted molar refractivity (Wildman–Crippen MR) is 48.9 cm³/mol. The van der Waals surface area contributed by atoms with Gasteiger partial charge >= 0.3 is 0 Å². The average molecular weight is 168 g/mol. The van der Waals surface area contributed by atoms with Gasteiger partial charge in [-0.25, -0.2) is 0 Å². The van der Waals surface area contributed by atoms with E-state index in [4.69, 9.17) is 0 Å². The van der Waals surface area contributed by atoms with Crippen molar-refractivity contribution >= 4 is 11.6 Å². The second-order valence-corrected chi connectivity index (χ2v) is 3.52. The molecule has 68 valence electrons. The average Bonchev–Trinajstić information content (AvgIpc) is 1.85. The van der Waals surface area contributed by atoms with Gasteiger partial charge in [-0.3, -0.25) is 9.59 Å². The first-order chi connectivity index (χ1) is 5.40. The highest BCUT2D eigenvalue weighted by molar-refractivity contribution is 6.01. The molecule has 0 aliphatic rings. The molecule has 0 unspecified atom stereocenters. The van der Waals surface area contributed by atoms with Gasteiger partial charge in [-0.05, 0) is 27.7 Å². The van der Waals surface area contributed by atoms with Crippen LogP contribution in [-0.4, -0.2) is 11.6 Å². The molecule has 12 heavy (non-hydrogen) atoms. The molecule has 0 heterocycles. The van der Waals surface area contributed by atoms with E-state index in [0.29, 0.717) is 0 Å². The number of carbonyl (C=O) groups is 2. The van der Waals surface area contributed by atoms with Crippen LogP contribution in [0.2, 0.25) is 0 Å². The van der Waals surface area contributed by atoms with Crippen LogP contribution in [0.4, 0.5) is 0 Å². The van der Waals surface area contributed by atoms with Gasteiger partial charge in [-0.2, -0.15) is 0 Å². The third-order valence-electron chi connectivity index (χ3n) is 1.71. The van der Waals surface area contributed by atoms with E-state index in [2.05, 4.69) is 0 Å². The molecule has 0 rings (SSSR count). The topological polar surface area (TPSA) is 34.1 Å². The molecule has 0 spiro atoms. The monoisotopic (exact) mass is 168 g/mol. The first-order valence-electron chi connectivity index (χ1n) is 4.06. The summed E-state index contributed by atoms with van der Waals surface area (Å²) in [6, 6.07) is 0. The van der Waals surface area contributed by atoms with E-state index in [9.17, 15) is 9.59 Å². The molecule has 0 bridgehead atoms. The van der Waals surface area contributed by atoms with Crippen molar-refractivity contribution in [3.63, 3.8) is 0 Å². The van der Waals surface area contributed by atoms with Crippen LogP contribution in [-0.2, 0) is 9.59 Å². The summed E-state index contributed by atoms with van der Waals surface area (Å²) in [4.78, 5) is 22.1. The number of carbonyl (C=O) groups excluding carboxylic acids is 2. The zero-order valence-corrected chi connectivity index (χ0v) is 8.18. The van der Waals surface area contributed by atoms with Crippen molar-refractivity contribution in [1.29, 1.82) is 0 Å². The van der Waals surface area contributed by atoms with Gasteiger partial charge in [0.1, 0.15) is 11.6 Å². The van der Waals surface area contributed by atoms with E-state index in [1.165, 1.54) is 6.92 Å². The third kappa shape index (κ3) is 3.46. The molecular weight excluding hydrogens is 152 g/mol. The van der Waals surface area contributed by atoms with Gasteiger partial charge in [-0.1, -0.05) is 12.2 Å². The summed E-state index contributed by atoms with van der Waals surface area (Å²) in [6.07, 6.45) is 3.69. The lowest BCUT2D eigenvalue weighted by Crippen LogP contribution is -2.23.